The molecule has 1 saturated heterocycles. The van der Waals surface area contributed by atoms with Gasteiger partial charge < -0.3 is 19.5 Å². The lowest BCUT2D eigenvalue weighted by Gasteiger charge is -2.28. The minimum Gasteiger partial charge on any atom is -0.378 e. The minimum atomic E-state index is -1.20. The van der Waals surface area contributed by atoms with Crippen molar-refractivity contribution in [1.29, 1.82) is 0 Å². The zero-order valence-corrected chi connectivity index (χ0v) is 20.2. The van der Waals surface area contributed by atoms with Crippen LogP contribution >= 0.6 is 0 Å². The van der Waals surface area contributed by atoms with E-state index >= 15 is 0 Å². The summed E-state index contributed by atoms with van der Waals surface area (Å²) >= 11 is 0. The molecule has 0 aliphatic carbocycles. The van der Waals surface area contributed by atoms with E-state index in [1.807, 2.05) is 47.4 Å². The maximum atomic E-state index is 13.8. The topological polar surface area (TPSA) is 85.9 Å². The van der Waals surface area contributed by atoms with Gasteiger partial charge in [0.05, 0.1) is 30.8 Å². The summed E-state index contributed by atoms with van der Waals surface area (Å²) in [4.78, 5) is 21.7. The van der Waals surface area contributed by atoms with Crippen molar-refractivity contribution in [3.05, 3.63) is 35.9 Å². The van der Waals surface area contributed by atoms with Crippen LogP contribution in [0.1, 0.15) is 31.9 Å². The number of benzene rings is 1. The number of fused-ring (bicyclic) bond motifs is 2. The van der Waals surface area contributed by atoms with Gasteiger partial charge in [-0.1, -0.05) is 12.1 Å². The molecular formula is C24H31FN8O. The summed E-state index contributed by atoms with van der Waals surface area (Å²) in [6.07, 6.45) is 0.437. The fourth-order valence-electron chi connectivity index (χ4n) is 4.32. The number of nitrogens with zero attached hydrogens (tertiary/aromatic N) is 7. The summed E-state index contributed by atoms with van der Waals surface area (Å²) < 4.78 is 23.4. The van der Waals surface area contributed by atoms with E-state index in [0.717, 1.165) is 52.8 Å². The number of imidazole rings is 2. The third kappa shape index (κ3) is 4.35. The van der Waals surface area contributed by atoms with Crippen molar-refractivity contribution in [2.24, 2.45) is 7.05 Å². The second kappa shape index (κ2) is 8.92. The average Bonchev–Trinajstić information content (AvgIpc) is 3.32. The summed E-state index contributed by atoms with van der Waals surface area (Å²) in [5.74, 6) is 3.03. The molecule has 0 unspecified atom stereocenters. The number of nitrogens with one attached hydrogen (secondary N) is 1. The second-order valence-electron chi connectivity index (χ2n) is 9.33. The summed E-state index contributed by atoms with van der Waals surface area (Å²) in [5.41, 5.74) is 2.19. The van der Waals surface area contributed by atoms with Crippen LogP contribution in [0, 0.1) is 6.92 Å². The number of anilines is 1. The molecule has 1 N–H and O–H groups in total. The van der Waals surface area contributed by atoms with Gasteiger partial charge in [0.25, 0.3) is 0 Å². The van der Waals surface area contributed by atoms with E-state index in [4.69, 9.17) is 24.7 Å². The van der Waals surface area contributed by atoms with Crippen LogP contribution in [0.3, 0.4) is 0 Å². The van der Waals surface area contributed by atoms with E-state index in [9.17, 15) is 4.39 Å². The summed E-state index contributed by atoms with van der Waals surface area (Å²) in [7, 11) is 1.96. The van der Waals surface area contributed by atoms with E-state index in [-0.39, 0.29) is 0 Å². The highest BCUT2D eigenvalue weighted by Crippen LogP contribution is 2.28. The maximum Gasteiger partial charge on any atom is 0.239 e. The predicted octanol–water partition coefficient (Wildman–Crippen LogP) is 3.08. The van der Waals surface area contributed by atoms with Gasteiger partial charge in [-0.3, -0.25) is 4.57 Å². The van der Waals surface area contributed by atoms with Gasteiger partial charge in [0.1, 0.15) is 17.3 Å². The normalized spacial score (nSPS) is 15.0. The molecule has 1 aliphatic rings. The molecule has 1 aromatic carbocycles. The molecule has 5 rings (SSSR count). The lowest BCUT2D eigenvalue weighted by molar-refractivity contribution is 0.122. The standard InChI is InChI=1S/C24H31FN8O/c1-16-27-17-7-5-6-8-18(17)33(16)23-29-21-20(22(30-23)32-11-13-34-14-12-32)28-19(31(21)4)15-26-10-9-24(2,3)25/h5-8,26H,9-15H2,1-4H3. The number of halogens is 1. The van der Waals surface area contributed by atoms with Crippen LogP contribution in [-0.4, -0.2) is 67.6 Å². The van der Waals surface area contributed by atoms with Crippen LogP contribution in [-0.2, 0) is 18.3 Å². The van der Waals surface area contributed by atoms with Crippen molar-refractivity contribution in [2.75, 3.05) is 37.7 Å². The molecule has 34 heavy (non-hydrogen) atoms. The molecule has 4 aromatic rings. The van der Waals surface area contributed by atoms with Gasteiger partial charge in [0.2, 0.25) is 5.95 Å². The maximum absolute atomic E-state index is 13.8. The molecule has 0 atom stereocenters. The van der Waals surface area contributed by atoms with Crippen LogP contribution in [0.5, 0.6) is 0 Å². The van der Waals surface area contributed by atoms with Crippen molar-refractivity contribution < 1.29 is 9.13 Å². The predicted molar refractivity (Wildman–Crippen MR) is 130 cm³/mol. The highest BCUT2D eigenvalue weighted by atomic mass is 19.1. The van der Waals surface area contributed by atoms with Gasteiger partial charge in [-0.05, 0) is 45.9 Å². The Labute approximate surface area is 198 Å². The van der Waals surface area contributed by atoms with Crippen LogP contribution in [0.2, 0.25) is 0 Å². The molecule has 9 nitrogen and oxygen atoms in total. The summed E-state index contributed by atoms with van der Waals surface area (Å²) in [6.45, 7) is 9.02. The van der Waals surface area contributed by atoms with Gasteiger partial charge in [0, 0.05) is 20.1 Å². The number of morpholine rings is 1. The van der Waals surface area contributed by atoms with Crippen molar-refractivity contribution in [1.82, 2.24) is 34.4 Å². The number of aromatic nitrogens is 6. The Morgan fingerprint density at radius 3 is 2.62 bits per heavy atom. The Morgan fingerprint density at radius 2 is 1.85 bits per heavy atom. The van der Waals surface area contributed by atoms with Crippen LogP contribution in [0.4, 0.5) is 10.2 Å². The first-order valence-electron chi connectivity index (χ1n) is 11.7. The van der Waals surface area contributed by atoms with Crippen LogP contribution in [0.15, 0.2) is 24.3 Å². The minimum absolute atomic E-state index is 0.437. The molecule has 4 heterocycles. The van der Waals surface area contributed by atoms with E-state index in [2.05, 4.69) is 10.2 Å². The largest absolute Gasteiger partial charge is 0.378 e. The van der Waals surface area contributed by atoms with E-state index in [0.29, 0.717) is 38.7 Å². The first kappa shape index (κ1) is 22.7. The number of hydrogen-bond acceptors (Lipinski definition) is 7. The molecule has 3 aromatic heterocycles. The molecule has 0 bridgehead atoms. The molecule has 0 amide bonds. The highest BCUT2D eigenvalue weighted by molar-refractivity contribution is 5.86. The Morgan fingerprint density at radius 1 is 1.09 bits per heavy atom. The second-order valence-corrected chi connectivity index (χ2v) is 9.33. The quantitative estimate of drug-likeness (QED) is 0.419. The van der Waals surface area contributed by atoms with Crippen molar-refractivity contribution in [3.8, 4) is 5.95 Å². The fraction of sp³-hybridized carbons (Fsp3) is 0.500. The number of para-hydroxylation sites is 2. The molecule has 0 saturated carbocycles. The average molecular weight is 467 g/mol. The number of ether oxygens (including phenoxy) is 1. The number of rotatable bonds is 7. The molecular weight excluding hydrogens is 435 g/mol. The summed E-state index contributed by atoms with van der Waals surface area (Å²) in [6, 6.07) is 8.00. The highest BCUT2D eigenvalue weighted by Gasteiger charge is 2.24. The lowest BCUT2D eigenvalue weighted by atomic mass is 10.1. The first-order chi connectivity index (χ1) is 16.3. The first-order valence-corrected chi connectivity index (χ1v) is 11.7. The van der Waals surface area contributed by atoms with Gasteiger partial charge in [-0.15, -0.1) is 0 Å². The van der Waals surface area contributed by atoms with Crippen molar-refractivity contribution >= 4 is 28.0 Å². The van der Waals surface area contributed by atoms with Gasteiger partial charge >= 0.3 is 0 Å². The summed E-state index contributed by atoms with van der Waals surface area (Å²) in [5, 5.41) is 3.31. The zero-order chi connectivity index (χ0) is 23.9. The molecule has 1 aliphatic heterocycles. The monoisotopic (exact) mass is 466 g/mol. The molecule has 1 fully saturated rings. The van der Waals surface area contributed by atoms with Crippen LogP contribution < -0.4 is 10.2 Å². The number of alkyl halides is 1. The van der Waals surface area contributed by atoms with Crippen molar-refractivity contribution in [2.45, 2.75) is 39.4 Å². The molecule has 10 heteroatoms. The Kier molecular flexibility index (Phi) is 5.95. The number of hydrogen-bond donors (Lipinski definition) is 1. The van der Waals surface area contributed by atoms with E-state index < -0.39 is 5.67 Å². The molecule has 180 valence electrons. The Bertz CT molecular complexity index is 1320. The van der Waals surface area contributed by atoms with E-state index in [1.54, 1.807) is 13.8 Å². The van der Waals surface area contributed by atoms with E-state index in [1.165, 1.54) is 0 Å². The number of aryl methyl sites for hydroxylation is 2. The van der Waals surface area contributed by atoms with Gasteiger partial charge in [-0.25, -0.2) is 14.4 Å². The Balaban J connectivity index is 1.59. The smallest absolute Gasteiger partial charge is 0.239 e. The van der Waals surface area contributed by atoms with Gasteiger partial charge in [-0.2, -0.15) is 9.97 Å². The molecule has 0 spiro atoms. The van der Waals surface area contributed by atoms with Crippen LogP contribution in [0.25, 0.3) is 28.1 Å². The zero-order valence-electron chi connectivity index (χ0n) is 20.2. The SMILES string of the molecule is Cc1nc2ccccc2n1-c1nc(N2CCOCC2)c2nc(CNCCC(C)(C)F)n(C)c2n1. The lowest BCUT2D eigenvalue weighted by Crippen LogP contribution is -2.37. The van der Waals surface area contributed by atoms with Crippen molar-refractivity contribution in [3.63, 3.8) is 0 Å². The third-order valence-corrected chi connectivity index (χ3v) is 6.20. The third-order valence-electron chi connectivity index (χ3n) is 6.20. The molecule has 0 radical (unpaired) electrons. The van der Waals surface area contributed by atoms with Gasteiger partial charge in [0.15, 0.2) is 17.0 Å². The fourth-order valence-corrected chi connectivity index (χ4v) is 4.32. The Hall–Kier alpha value is -3.11.